The van der Waals surface area contributed by atoms with Crippen LogP contribution in [0.2, 0.25) is 10.0 Å². The summed E-state index contributed by atoms with van der Waals surface area (Å²) in [6, 6.07) is 22.4. The summed E-state index contributed by atoms with van der Waals surface area (Å²) in [5.41, 5.74) is 4.30. The van der Waals surface area contributed by atoms with Gasteiger partial charge in [0.25, 0.3) is 11.8 Å². The number of halogens is 2. The highest BCUT2D eigenvalue weighted by molar-refractivity contribution is 6.36. The highest BCUT2D eigenvalue weighted by Gasteiger charge is 2.17. The summed E-state index contributed by atoms with van der Waals surface area (Å²) in [4.78, 5) is 37.4. The molecule has 0 heterocycles. The Morgan fingerprint density at radius 2 is 1.68 bits per heavy atom. The number of hydrogen-bond acceptors (Lipinski definition) is 5. The zero-order chi connectivity index (χ0) is 26.4. The lowest BCUT2D eigenvalue weighted by atomic mass is 10.0. The van der Waals surface area contributed by atoms with Crippen molar-refractivity contribution in [1.82, 2.24) is 10.7 Å². The van der Waals surface area contributed by atoms with Gasteiger partial charge in [0.15, 0.2) is 0 Å². The minimum absolute atomic E-state index is 0.153. The molecule has 0 aliphatic rings. The molecular formula is C28H21Cl2N3O4. The van der Waals surface area contributed by atoms with E-state index in [-0.39, 0.29) is 28.8 Å². The van der Waals surface area contributed by atoms with Crippen molar-refractivity contribution in [2.24, 2.45) is 5.10 Å². The fourth-order valence-corrected chi connectivity index (χ4v) is 4.09. The number of ether oxygens (including phenoxy) is 1. The minimum atomic E-state index is -0.672. The van der Waals surface area contributed by atoms with E-state index in [2.05, 4.69) is 15.8 Å². The van der Waals surface area contributed by atoms with Crippen LogP contribution < -0.4 is 15.5 Å². The molecule has 0 radical (unpaired) electrons. The Morgan fingerprint density at radius 1 is 0.919 bits per heavy atom. The van der Waals surface area contributed by atoms with Crippen LogP contribution in [-0.2, 0) is 4.79 Å². The van der Waals surface area contributed by atoms with E-state index in [1.165, 1.54) is 18.3 Å². The van der Waals surface area contributed by atoms with Crippen LogP contribution in [0.1, 0.15) is 31.8 Å². The Kier molecular flexibility index (Phi) is 8.18. The maximum atomic E-state index is 12.8. The predicted octanol–water partition coefficient (Wildman–Crippen LogP) is 5.55. The standard InChI is InChI=1S/C28H21Cl2N3O4/c1-17-6-2-4-8-20(17)27(35)31-16-26(34)33-32-15-23-21-9-5-3-7-18(21)10-13-25(23)37-28(36)22-12-11-19(29)14-24(22)30/h2-15H,16H2,1H3,(H,31,35)(H,33,34)/b32-15+. The van der Waals surface area contributed by atoms with Crippen molar-refractivity contribution in [2.75, 3.05) is 6.54 Å². The molecule has 2 N–H and O–H groups in total. The number of fused-ring (bicyclic) bond motifs is 1. The van der Waals surface area contributed by atoms with Crippen LogP contribution in [-0.4, -0.2) is 30.5 Å². The van der Waals surface area contributed by atoms with Crippen molar-refractivity contribution >= 4 is 58.0 Å². The number of nitrogens with one attached hydrogen (secondary N) is 2. The number of carbonyl (C=O) groups excluding carboxylic acids is 3. The van der Waals surface area contributed by atoms with E-state index in [0.717, 1.165) is 16.3 Å². The van der Waals surface area contributed by atoms with Gasteiger partial charge in [0, 0.05) is 16.1 Å². The van der Waals surface area contributed by atoms with Crippen molar-refractivity contribution in [3.05, 3.63) is 111 Å². The van der Waals surface area contributed by atoms with Gasteiger partial charge in [-0.3, -0.25) is 9.59 Å². The number of hydrazone groups is 1. The lowest BCUT2D eigenvalue weighted by molar-refractivity contribution is -0.120. The molecule has 9 heteroatoms. The molecule has 0 atom stereocenters. The van der Waals surface area contributed by atoms with E-state index in [0.29, 0.717) is 16.1 Å². The summed E-state index contributed by atoms with van der Waals surface area (Å²) in [6.07, 6.45) is 1.38. The molecular weight excluding hydrogens is 513 g/mol. The van der Waals surface area contributed by atoms with Crippen molar-refractivity contribution in [2.45, 2.75) is 6.92 Å². The lowest BCUT2D eigenvalue weighted by Crippen LogP contribution is -2.35. The van der Waals surface area contributed by atoms with E-state index in [1.54, 1.807) is 30.3 Å². The van der Waals surface area contributed by atoms with Gasteiger partial charge in [0.05, 0.1) is 23.3 Å². The molecule has 0 aromatic heterocycles. The van der Waals surface area contributed by atoms with Crippen LogP contribution in [0, 0.1) is 6.92 Å². The molecule has 0 aliphatic heterocycles. The molecule has 0 spiro atoms. The number of hydrogen-bond donors (Lipinski definition) is 2. The van der Waals surface area contributed by atoms with Gasteiger partial charge in [-0.25, -0.2) is 10.2 Å². The molecule has 0 saturated heterocycles. The summed E-state index contributed by atoms with van der Waals surface area (Å²) < 4.78 is 5.63. The fraction of sp³-hybridized carbons (Fsp3) is 0.0714. The number of rotatable bonds is 7. The van der Waals surface area contributed by atoms with Crippen molar-refractivity contribution in [3.8, 4) is 5.75 Å². The maximum absolute atomic E-state index is 12.8. The molecule has 4 aromatic carbocycles. The Balaban J connectivity index is 1.49. The molecule has 0 bridgehead atoms. The fourth-order valence-electron chi connectivity index (χ4n) is 3.60. The summed E-state index contributed by atoms with van der Waals surface area (Å²) >= 11 is 12.1. The first kappa shape index (κ1) is 25.9. The van der Waals surface area contributed by atoms with Gasteiger partial charge < -0.3 is 10.1 Å². The van der Waals surface area contributed by atoms with E-state index in [9.17, 15) is 14.4 Å². The van der Waals surface area contributed by atoms with Gasteiger partial charge in [-0.15, -0.1) is 0 Å². The summed E-state index contributed by atoms with van der Waals surface area (Å²) in [5.74, 6) is -1.33. The first-order chi connectivity index (χ1) is 17.8. The summed E-state index contributed by atoms with van der Waals surface area (Å²) in [5, 5.41) is 8.77. The Morgan fingerprint density at radius 3 is 2.46 bits per heavy atom. The van der Waals surface area contributed by atoms with Gasteiger partial charge in [-0.2, -0.15) is 5.10 Å². The average molecular weight is 534 g/mol. The lowest BCUT2D eigenvalue weighted by Gasteiger charge is -2.11. The smallest absolute Gasteiger partial charge is 0.345 e. The topological polar surface area (TPSA) is 96.9 Å². The zero-order valence-electron chi connectivity index (χ0n) is 19.6. The zero-order valence-corrected chi connectivity index (χ0v) is 21.1. The Bertz CT molecular complexity index is 1540. The molecule has 0 fully saturated rings. The average Bonchev–Trinajstić information content (AvgIpc) is 2.88. The minimum Gasteiger partial charge on any atom is -0.422 e. The third kappa shape index (κ3) is 6.33. The molecule has 4 rings (SSSR count). The van der Waals surface area contributed by atoms with Gasteiger partial charge in [0.1, 0.15) is 5.75 Å². The van der Waals surface area contributed by atoms with Crippen LogP contribution in [0.15, 0.2) is 84.0 Å². The highest BCUT2D eigenvalue weighted by atomic mass is 35.5. The second kappa shape index (κ2) is 11.7. The van der Waals surface area contributed by atoms with Gasteiger partial charge in [-0.05, 0) is 53.6 Å². The van der Waals surface area contributed by atoms with Crippen LogP contribution in [0.4, 0.5) is 0 Å². The third-order valence-corrected chi connectivity index (χ3v) is 6.01. The van der Waals surface area contributed by atoms with E-state index >= 15 is 0 Å². The van der Waals surface area contributed by atoms with Crippen molar-refractivity contribution < 1.29 is 19.1 Å². The molecule has 0 saturated carbocycles. The number of benzene rings is 4. The monoisotopic (exact) mass is 533 g/mol. The Hall–Kier alpha value is -4.20. The second-order valence-corrected chi connectivity index (χ2v) is 8.85. The van der Waals surface area contributed by atoms with Gasteiger partial charge in [-0.1, -0.05) is 71.7 Å². The van der Waals surface area contributed by atoms with Crippen molar-refractivity contribution in [3.63, 3.8) is 0 Å². The molecule has 186 valence electrons. The number of amides is 2. The van der Waals surface area contributed by atoms with E-state index in [1.807, 2.05) is 43.3 Å². The van der Waals surface area contributed by atoms with E-state index in [4.69, 9.17) is 27.9 Å². The van der Waals surface area contributed by atoms with Crippen LogP contribution in [0.25, 0.3) is 10.8 Å². The highest BCUT2D eigenvalue weighted by Crippen LogP contribution is 2.29. The molecule has 0 aliphatic carbocycles. The molecule has 7 nitrogen and oxygen atoms in total. The van der Waals surface area contributed by atoms with E-state index < -0.39 is 11.9 Å². The maximum Gasteiger partial charge on any atom is 0.345 e. The molecule has 2 amide bonds. The van der Waals surface area contributed by atoms with Crippen molar-refractivity contribution in [1.29, 1.82) is 0 Å². The third-order valence-electron chi connectivity index (χ3n) is 5.47. The largest absolute Gasteiger partial charge is 0.422 e. The molecule has 37 heavy (non-hydrogen) atoms. The van der Waals surface area contributed by atoms with Crippen LogP contribution in [0.5, 0.6) is 5.75 Å². The predicted molar refractivity (Wildman–Crippen MR) is 145 cm³/mol. The normalized spacial score (nSPS) is 10.9. The molecule has 4 aromatic rings. The Labute approximate surface area is 223 Å². The summed E-state index contributed by atoms with van der Waals surface area (Å²) in [7, 11) is 0. The number of nitrogens with zero attached hydrogens (tertiary/aromatic N) is 1. The quantitative estimate of drug-likeness (QED) is 0.141. The van der Waals surface area contributed by atoms with Crippen LogP contribution in [0.3, 0.4) is 0 Å². The first-order valence-corrected chi connectivity index (χ1v) is 11.9. The molecule has 0 unspecified atom stereocenters. The first-order valence-electron chi connectivity index (χ1n) is 11.2. The van der Waals surface area contributed by atoms with Gasteiger partial charge in [0.2, 0.25) is 0 Å². The number of esters is 1. The SMILES string of the molecule is Cc1ccccc1C(=O)NCC(=O)N/N=C/c1c(OC(=O)c2ccc(Cl)cc2Cl)ccc2ccccc12. The van der Waals surface area contributed by atoms with Crippen LogP contribution >= 0.6 is 23.2 Å². The number of carbonyl (C=O) groups is 3. The second-order valence-electron chi connectivity index (χ2n) is 8.00. The van der Waals surface area contributed by atoms with Gasteiger partial charge >= 0.3 is 5.97 Å². The number of aryl methyl sites for hydroxylation is 1. The summed E-state index contributed by atoms with van der Waals surface area (Å²) in [6.45, 7) is 1.55.